The molecule has 0 bridgehead atoms. The Morgan fingerprint density at radius 2 is 2.00 bits per heavy atom. The molecule has 7 nitrogen and oxygen atoms in total. The van der Waals surface area contributed by atoms with Crippen LogP contribution in [0.1, 0.15) is 22.6 Å². The monoisotopic (exact) mass is 399 g/mol. The number of nitrogens with zero attached hydrogens (tertiary/aromatic N) is 2. The maximum absolute atomic E-state index is 13.5. The largest absolute Gasteiger partial charge is 0.452 e. The molecule has 1 amide bonds. The van der Waals surface area contributed by atoms with Gasteiger partial charge in [0.15, 0.2) is 6.61 Å². The molecule has 0 spiro atoms. The number of aryl methyl sites for hydroxylation is 1. The molecule has 29 heavy (non-hydrogen) atoms. The van der Waals surface area contributed by atoms with Crippen LogP contribution in [-0.2, 0) is 22.5 Å². The number of hydrogen-bond acceptors (Lipinski definition) is 5. The molecule has 4 rings (SSSR count). The standard InChI is InChI=1S/C20H15F2N3O4/c21-12-4-6-14(22)16(9-12)24-18(26)10-29-20(28)11-3-5-13-15(8-11)23-17-2-1-7-25(17)19(13)27/h3-6,8-9H,1-2,7,10H2,(H,24,26). The summed E-state index contributed by atoms with van der Waals surface area (Å²) >= 11 is 0. The molecule has 148 valence electrons. The van der Waals surface area contributed by atoms with E-state index in [1.54, 1.807) is 4.57 Å². The number of nitrogens with one attached hydrogen (secondary N) is 1. The Morgan fingerprint density at radius 1 is 1.17 bits per heavy atom. The van der Waals surface area contributed by atoms with Crippen molar-refractivity contribution in [1.82, 2.24) is 9.55 Å². The van der Waals surface area contributed by atoms with Crippen molar-refractivity contribution in [3.63, 3.8) is 0 Å². The van der Waals surface area contributed by atoms with Gasteiger partial charge in [0.25, 0.3) is 11.5 Å². The second kappa shape index (κ2) is 7.42. The molecular weight excluding hydrogens is 384 g/mol. The highest BCUT2D eigenvalue weighted by molar-refractivity contribution is 5.97. The summed E-state index contributed by atoms with van der Waals surface area (Å²) in [6.45, 7) is -0.0605. The van der Waals surface area contributed by atoms with Gasteiger partial charge in [-0.3, -0.25) is 14.2 Å². The predicted octanol–water partition coefficient (Wildman–Crippen LogP) is 2.42. The first-order valence-corrected chi connectivity index (χ1v) is 8.88. The summed E-state index contributed by atoms with van der Waals surface area (Å²) in [5.74, 6) is -2.48. The Balaban J connectivity index is 1.46. The van der Waals surface area contributed by atoms with E-state index in [9.17, 15) is 23.2 Å². The molecule has 0 radical (unpaired) electrons. The van der Waals surface area contributed by atoms with Crippen LogP contribution >= 0.6 is 0 Å². The van der Waals surface area contributed by atoms with Gasteiger partial charge in [0, 0.05) is 19.0 Å². The number of carbonyl (C=O) groups is 2. The van der Waals surface area contributed by atoms with Crippen LogP contribution in [0.3, 0.4) is 0 Å². The minimum atomic E-state index is -0.821. The fourth-order valence-corrected chi connectivity index (χ4v) is 3.20. The van der Waals surface area contributed by atoms with E-state index < -0.39 is 30.1 Å². The van der Waals surface area contributed by atoms with Gasteiger partial charge in [-0.25, -0.2) is 18.6 Å². The second-order valence-electron chi connectivity index (χ2n) is 6.57. The summed E-state index contributed by atoms with van der Waals surface area (Å²) in [4.78, 5) is 41.0. The number of carbonyl (C=O) groups excluding carboxylic acids is 2. The third-order valence-electron chi connectivity index (χ3n) is 4.59. The summed E-state index contributed by atoms with van der Waals surface area (Å²) in [5.41, 5.74) is -0.00448. The number of esters is 1. The van der Waals surface area contributed by atoms with Crippen LogP contribution in [0.2, 0.25) is 0 Å². The molecule has 0 saturated heterocycles. The number of rotatable bonds is 4. The van der Waals surface area contributed by atoms with Crippen LogP contribution in [-0.4, -0.2) is 28.0 Å². The van der Waals surface area contributed by atoms with Gasteiger partial charge in [0.1, 0.15) is 17.5 Å². The lowest BCUT2D eigenvalue weighted by Gasteiger charge is -2.09. The van der Waals surface area contributed by atoms with Crippen molar-refractivity contribution in [3.8, 4) is 0 Å². The average Bonchev–Trinajstić information content (AvgIpc) is 3.17. The van der Waals surface area contributed by atoms with Gasteiger partial charge in [-0.15, -0.1) is 0 Å². The fourth-order valence-electron chi connectivity index (χ4n) is 3.20. The predicted molar refractivity (Wildman–Crippen MR) is 99.6 cm³/mol. The molecule has 0 atom stereocenters. The maximum atomic E-state index is 13.5. The van der Waals surface area contributed by atoms with Crippen LogP contribution in [0.4, 0.5) is 14.5 Å². The highest BCUT2D eigenvalue weighted by Gasteiger charge is 2.18. The van der Waals surface area contributed by atoms with Crippen molar-refractivity contribution in [2.24, 2.45) is 0 Å². The molecule has 0 unspecified atom stereocenters. The molecule has 2 heterocycles. The summed E-state index contributed by atoms with van der Waals surface area (Å²) in [7, 11) is 0. The zero-order chi connectivity index (χ0) is 20.5. The van der Waals surface area contributed by atoms with Crippen molar-refractivity contribution in [2.75, 3.05) is 11.9 Å². The van der Waals surface area contributed by atoms with Gasteiger partial charge in [0.2, 0.25) is 0 Å². The van der Waals surface area contributed by atoms with E-state index in [1.807, 2.05) is 0 Å². The number of benzene rings is 2. The molecule has 1 aliphatic heterocycles. The number of fused-ring (bicyclic) bond motifs is 2. The van der Waals surface area contributed by atoms with E-state index in [0.29, 0.717) is 29.7 Å². The number of halogens is 2. The van der Waals surface area contributed by atoms with Gasteiger partial charge in [-0.2, -0.15) is 0 Å². The Bertz CT molecular complexity index is 1210. The van der Waals surface area contributed by atoms with E-state index in [0.717, 1.165) is 24.6 Å². The molecular formula is C20H15F2N3O4. The van der Waals surface area contributed by atoms with Crippen molar-refractivity contribution in [3.05, 3.63) is 69.8 Å². The normalized spacial score (nSPS) is 12.6. The first kappa shape index (κ1) is 18.7. The van der Waals surface area contributed by atoms with Crippen molar-refractivity contribution >= 4 is 28.5 Å². The Hall–Kier alpha value is -3.62. The molecule has 9 heteroatoms. The van der Waals surface area contributed by atoms with E-state index in [2.05, 4.69) is 10.3 Å². The zero-order valence-corrected chi connectivity index (χ0v) is 15.1. The number of anilines is 1. The number of aromatic nitrogens is 2. The lowest BCUT2D eigenvalue weighted by Crippen LogP contribution is -2.22. The average molecular weight is 399 g/mol. The molecule has 0 aliphatic carbocycles. The van der Waals surface area contributed by atoms with E-state index in [-0.39, 0.29) is 16.8 Å². The summed E-state index contributed by atoms with van der Waals surface area (Å²) in [6, 6.07) is 6.95. The van der Waals surface area contributed by atoms with Crippen molar-refractivity contribution in [1.29, 1.82) is 0 Å². The minimum absolute atomic E-state index is 0.122. The van der Waals surface area contributed by atoms with Crippen LogP contribution in [0.15, 0.2) is 41.2 Å². The number of hydrogen-bond donors (Lipinski definition) is 1. The van der Waals surface area contributed by atoms with Gasteiger partial charge >= 0.3 is 5.97 Å². The summed E-state index contributed by atoms with van der Waals surface area (Å²) < 4.78 is 33.2. The first-order chi connectivity index (χ1) is 13.9. The Kier molecular flexibility index (Phi) is 4.79. The summed E-state index contributed by atoms with van der Waals surface area (Å²) in [6.07, 6.45) is 1.53. The third-order valence-corrected chi connectivity index (χ3v) is 4.59. The quantitative estimate of drug-likeness (QED) is 0.681. The van der Waals surface area contributed by atoms with Gasteiger partial charge < -0.3 is 10.1 Å². The van der Waals surface area contributed by atoms with Crippen molar-refractivity contribution in [2.45, 2.75) is 19.4 Å². The topological polar surface area (TPSA) is 90.3 Å². The van der Waals surface area contributed by atoms with E-state index >= 15 is 0 Å². The molecule has 0 saturated carbocycles. The first-order valence-electron chi connectivity index (χ1n) is 8.88. The highest BCUT2D eigenvalue weighted by atomic mass is 19.1. The minimum Gasteiger partial charge on any atom is -0.452 e. The van der Waals surface area contributed by atoms with E-state index in [4.69, 9.17) is 4.74 Å². The molecule has 2 aromatic carbocycles. The molecule has 3 aromatic rings. The van der Waals surface area contributed by atoms with Crippen molar-refractivity contribution < 1.29 is 23.1 Å². The Morgan fingerprint density at radius 3 is 2.83 bits per heavy atom. The lowest BCUT2D eigenvalue weighted by atomic mass is 10.1. The van der Waals surface area contributed by atoms with Crippen LogP contribution in [0.5, 0.6) is 0 Å². The third kappa shape index (κ3) is 3.71. The van der Waals surface area contributed by atoms with Crippen LogP contribution in [0.25, 0.3) is 10.9 Å². The zero-order valence-electron chi connectivity index (χ0n) is 15.1. The number of amides is 1. The van der Waals surface area contributed by atoms with Gasteiger partial charge in [-0.1, -0.05) is 0 Å². The SMILES string of the molecule is O=C(COC(=O)c1ccc2c(=O)n3c(nc2c1)CCC3)Nc1cc(F)ccc1F. The van der Waals surface area contributed by atoms with Gasteiger partial charge in [0.05, 0.1) is 22.2 Å². The van der Waals surface area contributed by atoms with Crippen LogP contribution in [0, 0.1) is 11.6 Å². The molecule has 1 N–H and O–H groups in total. The fraction of sp³-hybridized carbons (Fsp3) is 0.200. The Labute approximate surface area is 162 Å². The second-order valence-corrected chi connectivity index (χ2v) is 6.57. The lowest BCUT2D eigenvalue weighted by molar-refractivity contribution is -0.119. The molecule has 1 aromatic heterocycles. The highest BCUT2D eigenvalue weighted by Crippen LogP contribution is 2.17. The molecule has 1 aliphatic rings. The van der Waals surface area contributed by atoms with Crippen LogP contribution < -0.4 is 10.9 Å². The van der Waals surface area contributed by atoms with E-state index in [1.165, 1.54) is 18.2 Å². The maximum Gasteiger partial charge on any atom is 0.338 e. The number of ether oxygens (including phenoxy) is 1. The summed E-state index contributed by atoms with van der Waals surface area (Å²) in [5, 5.41) is 2.53. The van der Waals surface area contributed by atoms with Gasteiger partial charge in [-0.05, 0) is 36.8 Å². The molecule has 0 fully saturated rings. The smallest absolute Gasteiger partial charge is 0.338 e.